The van der Waals surface area contributed by atoms with Crippen molar-refractivity contribution in [1.82, 2.24) is 0 Å². The minimum Gasteiger partial charge on any atom is -0.421 e. The molecule has 0 radical (unpaired) electrons. The molecule has 2 aromatic rings. The molecule has 0 aliphatic rings. The lowest BCUT2D eigenvalue weighted by molar-refractivity contribution is 0.0734. The van der Waals surface area contributed by atoms with Crippen LogP contribution >= 0.6 is 34.8 Å². The maximum absolute atomic E-state index is 13.0. The molecule has 0 aliphatic heterocycles. The second kappa shape index (κ2) is 5.95. The topological polar surface area (TPSA) is 26.3 Å². The van der Waals surface area contributed by atoms with E-state index < -0.39 is 17.6 Å². The summed E-state index contributed by atoms with van der Waals surface area (Å²) in [5.74, 6) is -3.14. The third kappa shape index (κ3) is 3.20. The molecule has 0 saturated heterocycles. The van der Waals surface area contributed by atoms with Crippen molar-refractivity contribution in [2.45, 2.75) is 0 Å². The predicted octanol–water partition coefficient (Wildman–Crippen LogP) is 5.14. The van der Waals surface area contributed by atoms with Gasteiger partial charge in [-0.3, -0.25) is 0 Å². The molecule has 0 heterocycles. The second-order valence-electron chi connectivity index (χ2n) is 3.72. The number of benzene rings is 2. The van der Waals surface area contributed by atoms with Gasteiger partial charge in [0, 0.05) is 6.07 Å². The van der Waals surface area contributed by atoms with Crippen molar-refractivity contribution in [3.05, 3.63) is 62.6 Å². The van der Waals surface area contributed by atoms with E-state index in [1.807, 2.05) is 0 Å². The van der Waals surface area contributed by atoms with Gasteiger partial charge in [-0.25, -0.2) is 13.6 Å². The summed E-state index contributed by atoms with van der Waals surface area (Å²) < 4.78 is 30.8. The molecule has 2 nitrogen and oxygen atoms in total. The largest absolute Gasteiger partial charge is 0.421 e. The van der Waals surface area contributed by atoms with Crippen LogP contribution in [0.5, 0.6) is 5.75 Å². The van der Waals surface area contributed by atoms with Crippen molar-refractivity contribution >= 4 is 40.8 Å². The molecule has 0 bridgehead atoms. The second-order valence-corrected chi connectivity index (χ2v) is 4.94. The molecular formula is C13H5Cl3F2O2. The van der Waals surface area contributed by atoms with Crippen LogP contribution in [0.4, 0.5) is 8.78 Å². The Morgan fingerprint density at radius 1 is 0.900 bits per heavy atom. The monoisotopic (exact) mass is 336 g/mol. The number of hydrogen-bond acceptors (Lipinski definition) is 2. The number of carbonyl (C=O) groups is 1. The van der Waals surface area contributed by atoms with Crippen LogP contribution in [0.1, 0.15) is 10.4 Å². The highest BCUT2D eigenvalue weighted by Crippen LogP contribution is 2.34. The maximum Gasteiger partial charge on any atom is 0.343 e. The van der Waals surface area contributed by atoms with Crippen LogP contribution in [0.3, 0.4) is 0 Å². The van der Waals surface area contributed by atoms with Gasteiger partial charge in [0.2, 0.25) is 0 Å². The molecule has 0 aliphatic carbocycles. The van der Waals surface area contributed by atoms with Crippen LogP contribution in [-0.4, -0.2) is 5.97 Å². The molecule has 0 N–H and O–H groups in total. The van der Waals surface area contributed by atoms with E-state index in [0.717, 1.165) is 18.2 Å². The Kier molecular flexibility index (Phi) is 4.48. The lowest BCUT2D eigenvalue weighted by Crippen LogP contribution is -2.09. The summed E-state index contributed by atoms with van der Waals surface area (Å²) in [6, 6.07) is 5.20. The van der Waals surface area contributed by atoms with E-state index in [-0.39, 0.29) is 26.4 Å². The third-order valence-electron chi connectivity index (χ3n) is 2.33. The van der Waals surface area contributed by atoms with Crippen molar-refractivity contribution in [3.8, 4) is 5.75 Å². The van der Waals surface area contributed by atoms with Gasteiger partial charge in [0.15, 0.2) is 17.4 Å². The van der Waals surface area contributed by atoms with E-state index in [9.17, 15) is 13.6 Å². The highest BCUT2D eigenvalue weighted by Gasteiger charge is 2.15. The van der Waals surface area contributed by atoms with Crippen molar-refractivity contribution < 1.29 is 18.3 Å². The molecule has 2 rings (SSSR count). The molecule has 0 amide bonds. The van der Waals surface area contributed by atoms with Gasteiger partial charge >= 0.3 is 5.97 Å². The van der Waals surface area contributed by atoms with Gasteiger partial charge < -0.3 is 4.74 Å². The quantitative estimate of drug-likeness (QED) is 0.431. The summed E-state index contributed by atoms with van der Waals surface area (Å²) in [6.07, 6.45) is 0. The van der Waals surface area contributed by atoms with E-state index in [0.29, 0.717) is 0 Å². The molecule has 0 spiro atoms. The Bertz CT molecular complexity index is 690. The number of esters is 1. The summed E-state index contributed by atoms with van der Waals surface area (Å²) in [6.45, 7) is 0. The first-order chi connectivity index (χ1) is 9.38. The van der Waals surface area contributed by atoms with Gasteiger partial charge in [-0.05, 0) is 24.3 Å². The average molecular weight is 338 g/mol. The Balaban J connectivity index is 2.27. The molecule has 2 aromatic carbocycles. The zero-order valence-electron chi connectivity index (χ0n) is 9.59. The molecular weight excluding hydrogens is 332 g/mol. The van der Waals surface area contributed by atoms with E-state index in [4.69, 9.17) is 39.5 Å². The van der Waals surface area contributed by atoms with Crippen LogP contribution in [0.25, 0.3) is 0 Å². The first-order valence-electron chi connectivity index (χ1n) is 5.20. The highest BCUT2D eigenvalue weighted by atomic mass is 35.5. The van der Waals surface area contributed by atoms with Crippen LogP contribution in [0.2, 0.25) is 15.1 Å². The summed E-state index contributed by atoms with van der Waals surface area (Å²) in [5.41, 5.74) is -0.161. The van der Waals surface area contributed by atoms with Gasteiger partial charge in [-0.1, -0.05) is 34.8 Å². The SMILES string of the molecule is O=C(Oc1cc(Cl)c(Cl)cc1Cl)c1ccc(F)c(F)c1. The molecule has 0 fully saturated rings. The molecule has 0 unspecified atom stereocenters. The standard InChI is InChI=1S/C13H5Cl3F2O2/c14-7-4-9(16)12(5-8(7)15)20-13(19)6-1-2-10(17)11(18)3-6/h1-5H. The maximum atomic E-state index is 13.0. The van der Waals surface area contributed by atoms with Crippen LogP contribution in [0, 0.1) is 11.6 Å². The Labute approximate surface area is 127 Å². The lowest BCUT2D eigenvalue weighted by Gasteiger charge is -2.08. The van der Waals surface area contributed by atoms with E-state index in [1.165, 1.54) is 12.1 Å². The number of hydrogen-bond donors (Lipinski definition) is 0. The van der Waals surface area contributed by atoms with Crippen molar-refractivity contribution in [3.63, 3.8) is 0 Å². The number of halogens is 5. The molecule has 7 heteroatoms. The fraction of sp³-hybridized carbons (Fsp3) is 0. The highest BCUT2D eigenvalue weighted by molar-refractivity contribution is 6.43. The average Bonchev–Trinajstić information content (AvgIpc) is 2.39. The molecule has 0 saturated carbocycles. The van der Waals surface area contributed by atoms with Crippen LogP contribution < -0.4 is 4.74 Å². The van der Waals surface area contributed by atoms with E-state index >= 15 is 0 Å². The normalized spacial score (nSPS) is 10.4. The summed E-state index contributed by atoms with van der Waals surface area (Å²) in [5, 5.41) is 0.406. The Morgan fingerprint density at radius 3 is 2.20 bits per heavy atom. The summed E-state index contributed by atoms with van der Waals surface area (Å²) in [4.78, 5) is 11.8. The fourth-order valence-corrected chi connectivity index (χ4v) is 1.94. The molecule has 0 atom stereocenters. The number of ether oxygens (including phenoxy) is 1. The lowest BCUT2D eigenvalue weighted by atomic mass is 10.2. The third-order valence-corrected chi connectivity index (χ3v) is 3.35. The predicted molar refractivity (Wildman–Crippen MR) is 72.8 cm³/mol. The zero-order valence-corrected chi connectivity index (χ0v) is 11.9. The van der Waals surface area contributed by atoms with Gasteiger partial charge in [-0.15, -0.1) is 0 Å². The van der Waals surface area contributed by atoms with Crippen LogP contribution in [-0.2, 0) is 0 Å². The van der Waals surface area contributed by atoms with Crippen LogP contribution in [0.15, 0.2) is 30.3 Å². The first kappa shape index (κ1) is 15.0. The zero-order chi connectivity index (χ0) is 14.9. The minimum absolute atomic E-state index is 0.0317. The first-order valence-corrected chi connectivity index (χ1v) is 6.33. The fourth-order valence-electron chi connectivity index (χ4n) is 1.36. The molecule has 0 aromatic heterocycles. The number of carbonyl (C=O) groups excluding carboxylic acids is 1. The summed E-state index contributed by atoms with van der Waals surface area (Å²) >= 11 is 17.3. The van der Waals surface area contributed by atoms with Gasteiger partial charge in [0.05, 0.1) is 20.6 Å². The Hall–Kier alpha value is -1.36. The van der Waals surface area contributed by atoms with Gasteiger partial charge in [0.25, 0.3) is 0 Å². The Morgan fingerprint density at radius 2 is 1.55 bits per heavy atom. The van der Waals surface area contributed by atoms with E-state index in [2.05, 4.69) is 0 Å². The molecule has 20 heavy (non-hydrogen) atoms. The molecule has 104 valence electrons. The summed E-state index contributed by atoms with van der Waals surface area (Å²) in [7, 11) is 0. The van der Waals surface area contributed by atoms with Crippen molar-refractivity contribution in [2.24, 2.45) is 0 Å². The van der Waals surface area contributed by atoms with Crippen molar-refractivity contribution in [1.29, 1.82) is 0 Å². The minimum atomic E-state index is -1.15. The van der Waals surface area contributed by atoms with Gasteiger partial charge in [-0.2, -0.15) is 0 Å². The number of rotatable bonds is 2. The smallest absolute Gasteiger partial charge is 0.343 e. The van der Waals surface area contributed by atoms with Crippen molar-refractivity contribution in [2.75, 3.05) is 0 Å². The van der Waals surface area contributed by atoms with E-state index in [1.54, 1.807) is 0 Å². The van der Waals surface area contributed by atoms with Gasteiger partial charge in [0.1, 0.15) is 0 Å².